The molecule has 16 heavy (non-hydrogen) atoms. The molecule has 1 heterocycles. The normalized spacial score (nSPS) is 31.6. The smallest absolute Gasteiger partial charge is 0.209 e. The Labute approximate surface area is 97.0 Å². The molecule has 0 aromatic rings. The molecule has 1 aliphatic heterocycles. The maximum Gasteiger partial charge on any atom is 0.209 e. The van der Waals surface area contributed by atoms with Crippen molar-refractivity contribution in [3.8, 4) is 0 Å². The lowest BCUT2D eigenvalue weighted by Crippen LogP contribution is -2.49. The molecule has 94 valence electrons. The molecule has 0 spiro atoms. The van der Waals surface area contributed by atoms with E-state index in [0.29, 0.717) is 18.6 Å². The van der Waals surface area contributed by atoms with Gasteiger partial charge in [-0.05, 0) is 32.2 Å². The Bertz CT molecular complexity index is 331. The molecule has 0 aromatic carbocycles. The predicted octanol–water partition coefficient (Wildman–Crippen LogP) is -0.0817. The van der Waals surface area contributed by atoms with E-state index in [4.69, 9.17) is 9.88 Å². The molecule has 2 atom stereocenters. The maximum atomic E-state index is 10.8. The number of hydrogen-bond donors (Lipinski definition) is 1. The highest BCUT2D eigenvalue weighted by Crippen LogP contribution is 2.29. The first kappa shape index (κ1) is 12.3. The van der Waals surface area contributed by atoms with Crippen LogP contribution in [0, 0.1) is 0 Å². The van der Waals surface area contributed by atoms with Gasteiger partial charge in [0.25, 0.3) is 0 Å². The fourth-order valence-electron chi connectivity index (χ4n) is 2.75. The van der Waals surface area contributed by atoms with E-state index >= 15 is 0 Å². The van der Waals surface area contributed by atoms with Crippen LogP contribution in [-0.4, -0.2) is 50.9 Å². The van der Waals surface area contributed by atoms with Crippen molar-refractivity contribution in [2.75, 3.05) is 25.4 Å². The van der Waals surface area contributed by atoms with Crippen molar-refractivity contribution >= 4 is 10.0 Å². The highest BCUT2D eigenvalue weighted by Gasteiger charge is 2.35. The highest BCUT2D eigenvalue weighted by atomic mass is 32.2. The standard InChI is InChI=1S/C10H20N2O3S/c11-16(13,14)8-2-5-12-6-7-15-10-4-1-3-9(10)12/h9-10H,1-8H2,(H2,11,13,14). The predicted molar refractivity (Wildman–Crippen MR) is 61.5 cm³/mol. The summed E-state index contributed by atoms with van der Waals surface area (Å²) >= 11 is 0. The average molecular weight is 248 g/mol. The molecular formula is C10H20N2O3S. The van der Waals surface area contributed by atoms with E-state index in [-0.39, 0.29) is 5.75 Å². The molecule has 2 aliphatic rings. The number of hydrogen-bond acceptors (Lipinski definition) is 4. The van der Waals surface area contributed by atoms with Gasteiger partial charge < -0.3 is 4.74 Å². The molecule has 0 aromatic heterocycles. The zero-order valence-corrected chi connectivity index (χ0v) is 10.3. The molecule has 1 saturated heterocycles. The number of ether oxygens (including phenoxy) is 1. The molecule has 1 aliphatic carbocycles. The Kier molecular flexibility index (Phi) is 3.84. The second-order valence-corrected chi connectivity index (χ2v) is 6.40. The van der Waals surface area contributed by atoms with Gasteiger partial charge in [-0.3, -0.25) is 4.90 Å². The lowest BCUT2D eigenvalue weighted by atomic mass is 10.1. The lowest BCUT2D eigenvalue weighted by Gasteiger charge is -2.37. The topological polar surface area (TPSA) is 72.6 Å². The molecule has 0 radical (unpaired) electrons. The van der Waals surface area contributed by atoms with Crippen molar-refractivity contribution in [3.05, 3.63) is 0 Å². The van der Waals surface area contributed by atoms with Crippen molar-refractivity contribution in [2.24, 2.45) is 5.14 Å². The highest BCUT2D eigenvalue weighted by molar-refractivity contribution is 7.89. The van der Waals surface area contributed by atoms with Crippen molar-refractivity contribution in [3.63, 3.8) is 0 Å². The first-order chi connectivity index (χ1) is 7.56. The number of morpholine rings is 1. The third-order valence-electron chi connectivity index (χ3n) is 3.47. The average Bonchev–Trinajstić information content (AvgIpc) is 2.64. The van der Waals surface area contributed by atoms with Crippen molar-refractivity contribution in [2.45, 2.75) is 37.8 Å². The van der Waals surface area contributed by atoms with Crippen molar-refractivity contribution in [1.82, 2.24) is 4.90 Å². The zero-order valence-electron chi connectivity index (χ0n) is 9.47. The van der Waals surface area contributed by atoms with E-state index in [1.165, 1.54) is 12.8 Å². The second kappa shape index (κ2) is 5.00. The molecule has 5 nitrogen and oxygen atoms in total. The van der Waals surface area contributed by atoms with Crippen molar-refractivity contribution in [1.29, 1.82) is 0 Å². The van der Waals surface area contributed by atoms with Crippen LogP contribution < -0.4 is 5.14 Å². The fourth-order valence-corrected chi connectivity index (χ4v) is 3.28. The third-order valence-corrected chi connectivity index (χ3v) is 4.33. The molecular weight excluding hydrogens is 228 g/mol. The largest absolute Gasteiger partial charge is 0.375 e. The Morgan fingerprint density at radius 3 is 2.94 bits per heavy atom. The van der Waals surface area contributed by atoms with E-state index < -0.39 is 10.0 Å². The minimum absolute atomic E-state index is 0.0851. The first-order valence-corrected chi connectivity index (χ1v) is 7.64. The monoisotopic (exact) mass is 248 g/mol. The van der Waals surface area contributed by atoms with Crippen LogP contribution in [0.1, 0.15) is 25.7 Å². The Morgan fingerprint density at radius 2 is 2.19 bits per heavy atom. The Morgan fingerprint density at radius 1 is 1.38 bits per heavy atom. The summed E-state index contributed by atoms with van der Waals surface area (Å²) < 4.78 is 27.4. The number of sulfonamides is 1. The van der Waals surface area contributed by atoms with E-state index in [2.05, 4.69) is 4.90 Å². The summed E-state index contributed by atoms with van der Waals surface area (Å²) in [4.78, 5) is 2.37. The van der Waals surface area contributed by atoms with Gasteiger partial charge in [0.2, 0.25) is 10.0 Å². The summed E-state index contributed by atoms with van der Waals surface area (Å²) in [5.41, 5.74) is 0. The maximum absolute atomic E-state index is 10.8. The van der Waals surface area contributed by atoms with E-state index in [1.807, 2.05) is 0 Å². The summed E-state index contributed by atoms with van der Waals surface area (Å²) in [6, 6.07) is 0.509. The first-order valence-electron chi connectivity index (χ1n) is 5.92. The van der Waals surface area contributed by atoms with Gasteiger partial charge in [-0.1, -0.05) is 0 Å². The molecule has 6 heteroatoms. The zero-order chi connectivity index (χ0) is 11.6. The van der Waals surface area contributed by atoms with Gasteiger partial charge in [-0.25, -0.2) is 13.6 Å². The SMILES string of the molecule is NS(=O)(=O)CCCN1CCOC2CCCC21. The number of nitrogens with two attached hydrogens (primary N) is 1. The minimum Gasteiger partial charge on any atom is -0.375 e. The van der Waals surface area contributed by atoms with Crippen LogP contribution in [0.2, 0.25) is 0 Å². The Balaban J connectivity index is 1.80. The van der Waals surface area contributed by atoms with E-state index in [1.54, 1.807) is 0 Å². The molecule has 0 bridgehead atoms. The summed E-state index contributed by atoms with van der Waals surface area (Å²) in [6.45, 7) is 2.52. The van der Waals surface area contributed by atoms with Gasteiger partial charge >= 0.3 is 0 Å². The quantitative estimate of drug-likeness (QED) is 0.755. The molecule has 0 amide bonds. The van der Waals surface area contributed by atoms with E-state index in [0.717, 1.165) is 26.1 Å². The van der Waals surface area contributed by atoms with Gasteiger partial charge in [0, 0.05) is 12.6 Å². The number of fused-ring (bicyclic) bond motifs is 1. The molecule has 2 N–H and O–H groups in total. The van der Waals surface area contributed by atoms with Gasteiger partial charge in [-0.2, -0.15) is 0 Å². The summed E-state index contributed by atoms with van der Waals surface area (Å²) in [5.74, 6) is 0.0851. The van der Waals surface area contributed by atoms with Crippen LogP contribution >= 0.6 is 0 Å². The van der Waals surface area contributed by atoms with Crippen molar-refractivity contribution < 1.29 is 13.2 Å². The Hall–Kier alpha value is -0.170. The molecule has 2 rings (SSSR count). The van der Waals surface area contributed by atoms with Gasteiger partial charge in [-0.15, -0.1) is 0 Å². The number of nitrogens with zero attached hydrogens (tertiary/aromatic N) is 1. The van der Waals surface area contributed by atoms with Crippen LogP contribution in [0.15, 0.2) is 0 Å². The fraction of sp³-hybridized carbons (Fsp3) is 1.00. The summed E-state index contributed by atoms with van der Waals surface area (Å²) in [6.07, 6.45) is 4.56. The molecule has 2 fully saturated rings. The van der Waals surface area contributed by atoms with Crippen LogP contribution in [0.5, 0.6) is 0 Å². The summed E-state index contributed by atoms with van der Waals surface area (Å²) in [7, 11) is -3.30. The minimum atomic E-state index is -3.30. The summed E-state index contributed by atoms with van der Waals surface area (Å²) in [5, 5.41) is 4.99. The number of primary sulfonamides is 1. The van der Waals surface area contributed by atoms with Gasteiger partial charge in [0.15, 0.2) is 0 Å². The van der Waals surface area contributed by atoms with Crippen LogP contribution in [0.3, 0.4) is 0 Å². The van der Waals surface area contributed by atoms with Gasteiger partial charge in [0.05, 0.1) is 18.5 Å². The molecule has 1 saturated carbocycles. The van der Waals surface area contributed by atoms with Crippen LogP contribution in [0.25, 0.3) is 0 Å². The third kappa shape index (κ3) is 3.16. The number of rotatable bonds is 4. The molecule has 2 unspecified atom stereocenters. The van der Waals surface area contributed by atoms with Gasteiger partial charge in [0.1, 0.15) is 0 Å². The lowest BCUT2D eigenvalue weighted by molar-refractivity contribution is -0.0552. The van der Waals surface area contributed by atoms with Crippen LogP contribution in [-0.2, 0) is 14.8 Å². The second-order valence-electron chi connectivity index (χ2n) is 4.66. The van der Waals surface area contributed by atoms with Crippen LogP contribution in [0.4, 0.5) is 0 Å². The van der Waals surface area contributed by atoms with E-state index in [9.17, 15) is 8.42 Å².